The van der Waals surface area contributed by atoms with Gasteiger partial charge in [-0.3, -0.25) is 9.59 Å². The van der Waals surface area contributed by atoms with Gasteiger partial charge in [0, 0.05) is 32.5 Å². The summed E-state index contributed by atoms with van der Waals surface area (Å²) in [5.74, 6) is -0.135. The van der Waals surface area contributed by atoms with Gasteiger partial charge >= 0.3 is 5.97 Å². The fourth-order valence-corrected chi connectivity index (χ4v) is 2.46. The average Bonchev–Trinajstić information content (AvgIpc) is 2.35. The molecule has 5 nitrogen and oxygen atoms in total. The van der Waals surface area contributed by atoms with E-state index in [2.05, 4.69) is 10.2 Å². The van der Waals surface area contributed by atoms with E-state index in [9.17, 15) is 9.59 Å². The number of piperidine rings is 1. The molecule has 1 heterocycles. The van der Waals surface area contributed by atoms with Gasteiger partial charge in [0.05, 0.1) is 0 Å². The molecule has 0 saturated carbocycles. The van der Waals surface area contributed by atoms with Crippen LogP contribution in [0, 0.1) is 5.92 Å². The maximum absolute atomic E-state index is 11.4. The molecule has 1 unspecified atom stereocenters. The van der Waals surface area contributed by atoms with E-state index in [-0.39, 0.29) is 12.3 Å². The second-order valence-corrected chi connectivity index (χ2v) is 4.94. The Kier molecular flexibility index (Phi) is 6.72. The van der Waals surface area contributed by atoms with Crippen molar-refractivity contribution in [2.45, 2.75) is 39.0 Å². The lowest BCUT2D eigenvalue weighted by atomic mass is 9.93. The Morgan fingerprint density at radius 1 is 1.39 bits per heavy atom. The molecule has 0 aromatic heterocycles. The van der Waals surface area contributed by atoms with Crippen molar-refractivity contribution >= 4 is 11.9 Å². The Morgan fingerprint density at radius 3 is 2.83 bits per heavy atom. The predicted octanol–water partition coefficient (Wildman–Crippen LogP) is 1.09. The lowest BCUT2D eigenvalue weighted by Crippen LogP contribution is -2.38. The van der Waals surface area contributed by atoms with Crippen molar-refractivity contribution in [2.24, 2.45) is 5.92 Å². The summed E-state index contributed by atoms with van der Waals surface area (Å²) >= 11 is 0. The van der Waals surface area contributed by atoms with Crippen LogP contribution in [-0.2, 0) is 9.59 Å². The molecule has 1 aliphatic rings. The van der Waals surface area contributed by atoms with E-state index < -0.39 is 5.97 Å². The van der Waals surface area contributed by atoms with Crippen LogP contribution in [0.3, 0.4) is 0 Å². The normalized spacial score (nSPS) is 20.6. The fourth-order valence-electron chi connectivity index (χ4n) is 2.46. The Hall–Kier alpha value is -1.10. The number of aliphatic carboxylic acids is 1. The van der Waals surface area contributed by atoms with Crippen LogP contribution in [0.5, 0.6) is 0 Å². The molecule has 1 aliphatic heterocycles. The van der Waals surface area contributed by atoms with Gasteiger partial charge in [0.1, 0.15) is 0 Å². The summed E-state index contributed by atoms with van der Waals surface area (Å²) in [6.45, 7) is 5.35. The fraction of sp³-hybridized carbons (Fsp3) is 0.846. The van der Waals surface area contributed by atoms with Gasteiger partial charge in [-0.25, -0.2) is 0 Å². The van der Waals surface area contributed by atoms with Crippen LogP contribution >= 0.6 is 0 Å². The molecule has 2 N–H and O–H groups in total. The minimum absolute atomic E-state index is 0.102. The van der Waals surface area contributed by atoms with Crippen LogP contribution in [-0.4, -0.2) is 48.1 Å². The molecular formula is C13H24N2O3. The number of nitrogens with zero attached hydrogens (tertiary/aromatic N) is 1. The molecule has 0 spiro atoms. The number of nitrogens with one attached hydrogen (secondary N) is 1. The molecule has 18 heavy (non-hydrogen) atoms. The molecule has 0 radical (unpaired) electrons. The molecule has 0 aliphatic carbocycles. The van der Waals surface area contributed by atoms with Gasteiger partial charge in [0.25, 0.3) is 0 Å². The first-order valence-electron chi connectivity index (χ1n) is 6.82. The minimum atomic E-state index is -0.713. The Bertz CT molecular complexity index is 281. The summed E-state index contributed by atoms with van der Waals surface area (Å²) in [7, 11) is 0. The molecule has 0 bridgehead atoms. The van der Waals surface area contributed by atoms with Crippen LogP contribution < -0.4 is 5.32 Å². The molecule has 0 aromatic rings. The topological polar surface area (TPSA) is 69.6 Å². The van der Waals surface area contributed by atoms with Crippen molar-refractivity contribution in [2.75, 3.05) is 26.2 Å². The zero-order chi connectivity index (χ0) is 13.4. The van der Waals surface area contributed by atoms with Crippen LogP contribution in [0.15, 0.2) is 0 Å². The van der Waals surface area contributed by atoms with Crippen LogP contribution in [0.4, 0.5) is 0 Å². The molecule has 5 heteroatoms. The zero-order valence-corrected chi connectivity index (χ0v) is 11.2. The molecule has 1 rings (SSSR count). The number of amides is 1. The maximum atomic E-state index is 11.4. The summed E-state index contributed by atoms with van der Waals surface area (Å²) in [4.78, 5) is 24.2. The van der Waals surface area contributed by atoms with E-state index in [0.29, 0.717) is 18.9 Å². The van der Waals surface area contributed by atoms with Gasteiger partial charge in [-0.15, -0.1) is 0 Å². The molecule has 1 atom stereocenters. The molecule has 104 valence electrons. The van der Waals surface area contributed by atoms with Gasteiger partial charge in [-0.05, 0) is 38.6 Å². The van der Waals surface area contributed by atoms with Crippen molar-refractivity contribution in [1.29, 1.82) is 0 Å². The summed E-state index contributed by atoms with van der Waals surface area (Å²) in [6.07, 6.45) is 3.78. The average molecular weight is 256 g/mol. The van der Waals surface area contributed by atoms with Crippen LogP contribution in [0.25, 0.3) is 0 Å². The second kappa shape index (κ2) is 8.08. The largest absolute Gasteiger partial charge is 0.481 e. The second-order valence-electron chi connectivity index (χ2n) is 4.94. The lowest BCUT2D eigenvalue weighted by Gasteiger charge is -2.32. The maximum Gasteiger partial charge on any atom is 0.303 e. The number of hydrogen-bond donors (Lipinski definition) is 2. The van der Waals surface area contributed by atoms with Crippen molar-refractivity contribution in [3.63, 3.8) is 0 Å². The minimum Gasteiger partial charge on any atom is -0.481 e. The van der Waals surface area contributed by atoms with Gasteiger partial charge in [0.2, 0.25) is 5.91 Å². The first kappa shape index (κ1) is 15.0. The first-order chi connectivity index (χ1) is 8.61. The lowest BCUT2D eigenvalue weighted by molar-refractivity contribution is -0.137. The highest BCUT2D eigenvalue weighted by Gasteiger charge is 2.20. The van der Waals surface area contributed by atoms with E-state index >= 15 is 0 Å². The smallest absolute Gasteiger partial charge is 0.303 e. The highest BCUT2D eigenvalue weighted by molar-refractivity contribution is 5.75. The van der Waals surface area contributed by atoms with Crippen molar-refractivity contribution in [1.82, 2.24) is 10.2 Å². The highest BCUT2D eigenvalue weighted by atomic mass is 16.4. The number of carbonyl (C=O) groups is 2. The Labute approximate surface area is 109 Å². The van der Waals surface area contributed by atoms with E-state index in [1.54, 1.807) is 0 Å². The third kappa shape index (κ3) is 6.00. The van der Waals surface area contributed by atoms with Crippen molar-refractivity contribution in [3.8, 4) is 0 Å². The van der Waals surface area contributed by atoms with Crippen molar-refractivity contribution in [3.05, 3.63) is 0 Å². The van der Waals surface area contributed by atoms with Crippen molar-refractivity contribution < 1.29 is 14.7 Å². The number of carboxylic acid groups (broad SMARTS) is 1. The monoisotopic (exact) mass is 256 g/mol. The third-order valence-electron chi connectivity index (χ3n) is 3.40. The number of rotatable bonds is 7. The van der Waals surface area contributed by atoms with Crippen LogP contribution in [0.1, 0.15) is 39.0 Å². The van der Waals surface area contributed by atoms with Gasteiger partial charge < -0.3 is 15.3 Å². The van der Waals surface area contributed by atoms with Gasteiger partial charge in [-0.1, -0.05) is 0 Å². The molecule has 1 saturated heterocycles. The quantitative estimate of drug-likeness (QED) is 0.715. The highest BCUT2D eigenvalue weighted by Crippen LogP contribution is 2.20. The summed E-state index contributed by atoms with van der Waals surface area (Å²) in [5.41, 5.74) is 0. The van der Waals surface area contributed by atoms with E-state index in [0.717, 1.165) is 38.9 Å². The standard InChI is InChI=1S/C13H24N2O3/c1-2-14-12(16)7-9-15-8-3-4-11(10-15)5-6-13(17)18/h11H,2-10H2,1H3,(H,14,16)(H,17,18). The van der Waals surface area contributed by atoms with E-state index in [1.807, 2.05) is 6.92 Å². The molecular weight excluding hydrogens is 232 g/mol. The number of likely N-dealkylation sites (tertiary alicyclic amines) is 1. The third-order valence-corrected chi connectivity index (χ3v) is 3.40. The van der Waals surface area contributed by atoms with Gasteiger partial charge in [-0.2, -0.15) is 0 Å². The number of carboxylic acids is 1. The Morgan fingerprint density at radius 2 is 2.17 bits per heavy atom. The Balaban J connectivity index is 2.21. The summed E-state index contributed by atoms with van der Waals surface area (Å²) < 4.78 is 0. The molecule has 1 amide bonds. The molecule has 1 fully saturated rings. The van der Waals surface area contributed by atoms with E-state index in [1.165, 1.54) is 0 Å². The zero-order valence-electron chi connectivity index (χ0n) is 11.2. The number of carbonyl (C=O) groups excluding carboxylic acids is 1. The summed E-state index contributed by atoms with van der Waals surface area (Å²) in [6, 6.07) is 0. The van der Waals surface area contributed by atoms with Crippen LogP contribution in [0.2, 0.25) is 0 Å². The molecule has 0 aromatic carbocycles. The van der Waals surface area contributed by atoms with Gasteiger partial charge in [0.15, 0.2) is 0 Å². The summed E-state index contributed by atoms with van der Waals surface area (Å²) in [5, 5.41) is 11.5. The number of hydrogen-bond acceptors (Lipinski definition) is 3. The SMILES string of the molecule is CCNC(=O)CCN1CCCC(CCC(=O)O)C1. The predicted molar refractivity (Wildman–Crippen MR) is 69.3 cm³/mol. The first-order valence-corrected chi connectivity index (χ1v) is 6.82. The van der Waals surface area contributed by atoms with E-state index in [4.69, 9.17) is 5.11 Å².